The van der Waals surface area contributed by atoms with Crippen LogP contribution in [-0.2, 0) is 0 Å². The topological polar surface area (TPSA) is 37.3 Å². The summed E-state index contributed by atoms with van der Waals surface area (Å²) in [5.41, 5.74) is 2.38. The third kappa shape index (κ3) is 1.96. The van der Waals surface area contributed by atoms with Crippen molar-refractivity contribution in [3.8, 4) is 16.9 Å². The molecular formula is C14H12O2. The van der Waals surface area contributed by atoms with Crippen LogP contribution in [0.15, 0.2) is 48.5 Å². The van der Waals surface area contributed by atoms with Crippen LogP contribution in [0.25, 0.3) is 11.1 Å². The molecular weight excluding hydrogens is 200 g/mol. The predicted molar refractivity (Wildman–Crippen MR) is 63.5 cm³/mol. The van der Waals surface area contributed by atoms with E-state index in [9.17, 15) is 9.90 Å². The molecule has 1 N–H and O–H groups in total. The van der Waals surface area contributed by atoms with Crippen LogP contribution in [0, 0.1) is 0 Å². The number of benzene rings is 2. The van der Waals surface area contributed by atoms with Crippen LogP contribution in [0.5, 0.6) is 5.75 Å². The average Bonchev–Trinajstić information content (AvgIpc) is 2.29. The van der Waals surface area contributed by atoms with Crippen molar-refractivity contribution in [3.63, 3.8) is 0 Å². The maximum atomic E-state index is 11.5. The molecule has 0 atom stereocenters. The fourth-order valence-corrected chi connectivity index (χ4v) is 1.72. The summed E-state index contributed by atoms with van der Waals surface area (Å²) in [6.45, 7) is 1.54. The van der Waals surface area contributed by atoms with E-state index in [1.807, 2.05) is 24.3 Å². The van der Waals surface area contributed by atoms with Gasteiger partial charge in [0.1, 0.15) is 5.75 Å². The standard InChI is InChI=1S/C14H12O2/c1-10(15)13-7-2-3-8-14(13)11-5-4-6-12(16)9-11/h2-9,16H,1H3. The highest BCUT2D eigenvalue weighted by Crippen LogP contribution is 2.26. The van der Waals surface area contributed by atoms with Gasteiger partial charge in [-0.05, 0) is 30.2 Å². The third-order valence-corrected chi connectivity index (χ3v) is 2.46. The molecule has 0 fully saturated rings. The highest BCUT2D eigenvalue weighted by molar-refractivity contribution is 6.00. The summed E-state index contributed by atoms with van der Waals surface area (Å²) >= 11 is 0. The van der Waals surface area contributed by atoms with E-state index in [0.29, 0.717) is 5.56 Å². The van der Waals surface area contributed by atoms with Crippen molar-refractivity contribution < 1.29 is 9.90 Å². The lowest BCUT2D eigenvalue weighted by Gasteiger charge is -2.07. The van der Waals surface area contributed by atoms with E-state index >= 15 is 0 Å². The van der Waals surface area contributed by atoms with Crippen LogP contribution < -0.4 is 0 Å². The molecule has 0 aliphatic heterocycles. The van der Waals surface area contributed by atoms with Crippen molar-refractivity contribution in [3.05, 3.63) is 54.1 Å². The summed E-state index contributed by atoms with van der Waals surface area (Å²) in [7, 11) is 0. The molecule has 2 rings (SSSR count). The minimum Gasteiger partial charge on any atom is -0.508 e. The number of hydrogen-bond acceptors (Lipinski definition) is 2. The number of ketones is 1. The van der Waals surface area contributed by atoms with Crippen LogP contribution in [0.3, 0.4) is 0 Å². The molecule has 0 saturated carbocycles. The Kier molecular flexibility index (Phi) is 2.73. The molecule has 2 heteroatoms. The molecule has 2 aromatic rings. The van der Waals surface area contributed by atoms with Gasteiger partial charge in [-0.2, -0.15) is 0 Å². The maximum Gasteiger partial charge on any atom is 0.160 e. The number of Topliss-reactive ketones (excluding diaryl/α,β-unsaturated/α-hetero) is 1. The Labute approximate surface area is 94.2 Å². The first-order valence-corrected chi connectivity index (χ1v) is 5.08. The number of phenols is 1. The van der Waals surface area contributed by atoms with Gasteiger partial charge in [0.25, 0.3) is 0 Å². The molecule has 0 unspecified atom stereocenters. The number of phenolic OH excluding ortho intramolecular Hbond substituents is 1. The second kappa shape index (κ2) is 4.19. The Balaban J connectivity index is 2.60. The second-order valence-electron chi connectivity index (χ2n) is 3.65. The average molecular weight is 212 g/mol. The lowest BCUT2D eigenvalue weighted by Crippen LogP contribution is -1.95. The van der Waals surface area contributed by atoms with E-state index in [1.165, 1.54) is 0 Å². The smallest absolute Gasteiger partial charge is 0.160 e. The Morgan fingerprint density at radius 1 is 1.06 bits per heavy atom. The minimum atomic E-state index is 0.0268. The molecule has 0 saturated heterocycles. The Morgan fingerprint density at radius 2 is 1.81 bits per heavy atom. The van der Waals surface area contributed by atoms with Crippen molar-refractivity contribution in [2.45, 2.75) is 6.92 Å². The number of carbonyl (C=O) groups is 1. The lowest BCUT2D eigenvalue weighted by atomic mass is 9.97. The molecule has 0 heterocycles. The van der Waals surface area contributed by atoms with Crippen LogP contribution in [-0.4, -0.2) is 10.9 Å². The zero-order valence-corrected chi connectivity index (χ0v) is 8.97. The fraction of sp³-hybridized carbons (Fsp3) is 0.0714. The number of rotatable bonds is 2. The van der Waals surface area contributed by atoms with E-state index in [0.717, 1.165) is 11.1 Å². The largest absolute Gasteiger partial charge is 0.508 e. The number of carbonyl (C=O) groups excluding carboxylic acids is 1. The number of hydrogen-bond donors (Lipinski definition) is 1. The highest BCUT2D eigenvalue weighted by Gasteiger charge is 2.08. The summed E-state index contributed by atoms with van der Waals surface area (Å²) in [6, 6.07) is 14.3. The van der Waals surface area contributed by atoms with Crippen molar-refractivity contribution in [2.75, 3.05) is 0 Å². The van der Waals surface area contributed by atoms with Gasteiger partial charge in [0.15, 0.2) is 5.78 Å². The molecule has 16 heavy (non-hydrogen) atoms. The SMILES string of the molecule is CC(=O)c1ccccc1-c1cccc(O)c1. The molecule has 80 valence electrons. The molecule has 0 aliphatic rings. The zero-order chi connectivity index (χ0) is 11.5. The molecule has 2 nitrogen and oxygen atoms in total. The Bertz CT molecular complexity index is 530. The van der Waals surface area contributed by atoms with Gasteiger partial charge in [-0.3, -0.25) is 4.79 Å². The summed E-state index contributed by atoms with van der Waals surface area (Å²) < 4.78 is 0. The Morgan fingerprint density at radius 3 is 2.50 bits per heavy atom. The second-order valence-corrected chi connectivity index (χ2v) is 3.65. The van der Waals surface area contributed by atoms with Gasteiger partial charge in [-0.1, -0.05) is 36.4 Å². The van der Waals surface area contributed by atoms with E-state index in [1.54, 1.807) is 31.2 Å². The molecule has 2 aromatic carbocycles. The van der Waals surface area contributed by atoms with Gasteiger partial charge in [-0.25, -0.2) is 0 Å². The summed E-state index contributed by atoms with van der Waals surface area (Å²) in [5, 5.41) is 9.42. The highest BCUT2D eigenvalue weighted by atomic mass is 16.3. The van der Waals surface area contributed by atoms with Gasteiger partial charge in [0.05, 0.1) is 0 Å². The van der Waals surface area contributed by atoms with Gasteiger partial charge < -0.3 is 5.11 Å². The first-order chi connectivity index (χ1) is 7.68. The molecule has 0 amide bonds. The van der Waals surface area contributed by atoms with Crippen molar-refractivity contribution in [1.29, 1.82) is 0 Å². The summed E-state index contributed by atoms with van der Waals surface area (Å²) in [4.78, 5) is 11.5. The van der Waals surface area contributed by atoms with Crippen LogP contribution in [0.4, 0.5) is 0 Å². The Hall–Kier alpha value is -2.09. The molecule has 0 radical (unpaired) electrons. The van der Waals surface area contributed by atoms with E-state index in [-0.39, 0.29) is 11.5 Å². The third-order valence-electron chi connectivity index (χ3n) is 2.46. The normalized spacial score (nSPS) is 10.1. The first kappa shape index (κ1) is 10.4. The quantitative estimate of drug-likeness (QED) is 0.776. The predicted octanol–water partition coefficient (Wildman–Crippen LogP) is 3.26. The summed E-state index contributed by atoms with van der Waals surface area (Å²) in [5.74, 6) is 0.231. The van der Waals surface area contributed by atoms with Crippen molar-refractivity contribution >= 4 is 5.78 Å². The first-order valence-electron chi connectivity index (χ1n) is 5.08. The molecule has 0 aromatic heterocycles. The lowest BCUT2D eigenvalue weighted by molar-refractivity contribution is 0.101. The van der Waals surface area contributed by atoms with Gasteiger partial charge in [0, 0.05) is 5.56 Å². The summed E-state index contributed by atoms with van der Waals surface area (Å²) in [6.07, 6.45) is 0. The maximum absolute atomic E-state index is 11.5. The van der Waals surface area contributed by atoms with Crippen molar-refractivity contribution in [1.82, 2.24) is 0 Å². The minimum absolute atomic E-state index is 0.0268. The van der Waals surface area contributed by atoms with Gasteiger partial charge in [0.2, 0.25) is 0 Å². The van der Waals surface area contributed by atoms with E-state index < -0.39 is 0 Å². The number of aromatic hydroxyl groups is 1. The molecule has 0 bridgehead atoms. The van der Waals surface area contributed by atoms with E-state index in [4.69, 9.17) is 0 Å². The molecule has 0 aliphatic carbocycles. The molecule has 0 spiro atoms. The van der Waals surface area contributed by atoms with Crippen LogP contribution >= 0.6 is 0 Å². The van der Waals surface area contributed by atoms with Gasteiger partial charge in [-0.15, -0.1) is 0 Å². The van der Waals surface area contributed by atoms with E-state index in [2.05, 4.69) is 0 Å². The van der Waals surface area contributed by atoms with Crippen LogP contribution in [0.2, 0.25) is 0 Å². The fourth-order valence-electron chi connectivity index (χ4n) is 1.72. The van der Waals surface area contributed by atoms with Crippen LogP contribution in [0.1, 0.15) is 17.3 Å². The zero-order valence-electron chi connectivity index (χ0n) is 8.97. The van der Waals surface area contributed by atoms with Gasteiger partial charge >= 0.3 is 0 Å². The van der Waals surface area contributed by atoms with Crippen molar-refractivity contribution in [2.24, 2.45) is 0 Å². The monoisotopic (exact) mass is 212 g/mol.